The largest absolute Gasteiger partial charge is 0.497 e. The molecule has 0 saturated carbocycles. The van der Waals surface area contributed by atoms with Crippen molar-refractivity contribution in [1.29, 1.82) is 5.26 Å². The lowest BCUT2D eigenvalue weighted by atomic mass is 10.1. The van der Waals surface area contributed by atoms with Crippen LogP contribution in [0, 0.1) is 11.3 Å². The van der Waals surface area contributed by atoms with Gasteiger partial charge in [0.15, 0.2) is 11.0 Å². The Labute approximate surface area is 206 Å². The van der Waals surface area contributed by atoms with Crippen molar-refractivity contribution >= 4 is 35.0 Å². The molecule has 0 spiro atoms. The van der Waals surface area contributed by atoms with Gasteiger partial charge in [0.2, 0.25) is 5.91 Å². The number of rotatable bonds is 8. The lowest BCUT2D eigenvalue weighted by molar-refractivity contribution is -0.113. The minimum absolute atomic E-state index is 0.143. The molecular weight excluding hydrogens is 470 g/mol. The van der Waals surface area contributed by atoms with Crippen LogP contribution in [0.2, 0.25) is 5.02 Å². The Hall–Kier alpha value is -3.80. The zero-order chi connectivity index (χ0) is 23.9. The summed E-state index contributed by atoms with van der Waals surface area (Å²) in [6.45, 7) is 0. The Kier molecular flexibility index (Phi) is 7.48. The number of nitrogens with one attached hydrogen (secondary N) is 1. The average Bonchev–Trinajstić information content (AvgIpc) is 3.29. The summed E-state index contributed by atoms with van der Waals surface area (Å²) in [6.07, 6.45) is 0.333. The van der Waals surface area contributed by atoms with Gasteiger partial charge in [0, 0.05) is 22.0 Å². The Morgan fingerprint density at radius 3 is 2.59 bits per heavy atom. The molecule has 4 rings (SSSR count). The van der Waals surface area contributed by atoms with E-state index in [4.69, 9.17) is 21.6 Å². The Balaban J connectivity index is 1.56. The van der Waals surface area contributed by atoms with Gasteiger partial charge in [-0.05, 0) is 54.1 Å². The number of amides is 1. The van der Waals surface area contributed by atoms with Crippen LogP contribution in [0.4, 0.5) is 5.69 Å². The molecule has 1 aromatic heterocycles. The number of thioether (sulfide) groups is 1. The van der Waals surface area contributed by atoms with Crippen molar-refractivity contribution in [2.24, 2.45) is 0 Å². The SMILES string of the molecule is COc1cccc(-c2nnc(SCC(=O)Nc3ccc(CC#N)cc3)n2-c2ccc(Cl)cc2)c1. The maximum absolute atomic E-state index is 12.6. The van der Waals surface area contributed by atoms with E-state index in [1.54, 1.807) is 31.4 Å². The molecule has 0 bridgehead atoms. The second kappa shape index (κ2) is 10.9. The fraction of sp³-hybridized carbons (Fsp3) is 0.120. The minimum Gasteiger partial charge on any atom is -0.497 e. The lowest BCUT2D eigenvalue weighted by Crippen LogP contribution is -2.14. The first-order valence-electron chi connectivity index (χ1n) is 10.3. The van der Waals surface area contributed by atoms with Gasteiger partial charge in [0.1, 0.15) is 5.75 Å². The Bertz CT molecular complexity index is 1330. The number of methoxy groups -OCH3 is 1. The zero-order valence-corrected chi connectivity index (χ0v) is 19.8. The molecule has 0 aliphatic rings. The molecule has 0 atom stereocenters. The molecule has 0 saturated heterocycles. The van der Waals surface area contributed by atoms with Crippen molar-refractivity contribution in [3.8, 4) is 28.9 Å². The normalized spacial score (nSPS) is 10.5. The standard InChI is InChI=1S/C25H20ClN5O2S/c1-33-22-4-2-3-18(15-22)24-29-30-25(31(24)21-11-7-19(26)8-12-21)34-16-23(32)28-20-9-5-17(6-10-20)13-14-27/h2-12,15H,13,16H2,1H3,(H,28,32). The number of carbonyl (C=O) groups excluding carboxylic acids is 1. The number of benzene rings is 3. The van der Waals surface area contributed by atoms with Crippen LogP contribution in [0.3, 0.4) is 0 Å². The molecule has 3 aromatic carbocycles. The van der Waals surface area contributed by atoms with Gasteiger partial charge in [-0.15, -0.1) is 10.2 Å². The molecule has 1 amide bonds. The zero-order valence-electron chi connectivity index (χ0n) is 18.2. The highest BCUT2D eigenvalue weighted by atomic mass is 35.5. The predicted octanol–water partition coefficient (Wildman–Crippen LogP) is 5.39. The molecule has 34 heavy (non-hydrogen) atoms. The molecule has 1 N–H and O–H groups in total. The third-order valence-electron chi connectivity index (χ3n) is 4.90. The monoisotopic (exact) mass is 489 g/mol. The minimum atomic E-state index is -0.174. The third kappa shape index (κ3) is 5.57. The fourth-order valence-corrected chi connectivity index (χ4v) is 4.14. The fourth-order valence-electron chi connectivity index (χ4n) is 3.26. The topological polar surface area (TPSA) is 92.8 Å². The van der Waals surface area contributed by atoms with E-state index >= 15 is 0 Å². The predicted molar refractivity (Wildman–Crippen MR) is 133 cm³/mol. The number of anilines is 1. The molecule has 1 heterocycles. The van der Waals surface area contributed by atoms with Crippen LogP contribution >= 0.6 is 23.4 Å². The van der Waals surface area contributed by atoms with Crippen LogP contribution in [-0.2, 0) is 11.2 Å². The molecule has 0 aliphatic heterocycles. The smallest absolute Gasteiger partial charge is 0.234 e. The lowest BCUT2D eigenvalue weighted by Gasteiger charge is -2.11. The molecular formula is C25H20ClN5O2S. The van der Waals surface area contributed by atoms with Gasteiger partial charge in [0.05, 0.1) is 25.4 Å². The molecule has 170 valence electrons. The van der Waals surface area contributed by atoms with Gasteiger partial charge in [0.25, 0.3) is 0 Å². The van der Waals surface area contributed by atoms with Crippen molar-refractivity contribution < 1.29 is 9.53 Å². The van der Waals surface area contributed by atoms with E-state index in [1.165, 1.54) is 11.8 Å². The number of carbonyl (C=O) groups is 1. The third-order valence-corrected chi connectivity index (χ3v) is 6.08. The summed E-state index contributed by atoms with van der Waals surface area (Å²) in [6, 6.07) is 24.2. The first-order valence-corrected chi connectivity index (χ1v) is 11.7. The molecule has 0 radical (unpaired) electrons. The number of ether oxygens (including phenoxy) is 1. The van der Waals surface area contributed by atoms with E-state index in [0.717, 1.165) is 16.8 Å². The number of hydrogen-bond acceptors (Lipinski definition) is 6. The summed E-state index contributed by atoms with van der Waals surface area (Å²) in [5.74, 6) is 1.30. The first kappa shape index (κ1) is 23.4. The molecule has 0 fully saturated rings. The van der Waals surface area contributed by atoms with Gasteiger partial charge in [-0.2, -0.15) is 5.26 Å². The van der Waals surface area contributed by atoms with Gasteiger partial charge in [-0.3, -0.25) is 9.36 Å². The van der Waals surface area contributed by atoms with E-state index in [-0.39, 0.29) is 11.7 Å². The molecule has 4 aromatic rings. The number of hydrogen-bond donors (Lipinski definition) is 1. The van der Waals surface area contributed by atoms with Gasteiger partial charge < -0.3 is 10.1 Å². The van der Waals surface area contributed by atoms with E-state index in [2.05, 4.69) is 21.6 Å². The van der Waals surface area contributed by atoms with E-state index in [9.17, 15) is 4.79 Å². The van der Waals surface area contributed by atoms with Crippen LogP contribution in [0.5, 0.6) is 5.75 Å². The van der Waals surface area contributed by atoms with Crippen LogP contribution in [0.1, 0.15) is 5.56 Å². The van der Waals surface area contributed by atoms with Gasteiger partial charge in [-0.25, -0.2) is 0 Å². The maximum Gasteiger partial charge on any atom is 0.234 e. The van der Waals surface area contributed by atoms with Crippen molar-refractivity contribution in [3.63, 3.8) is 0 Å². The number of aromatic nitrogens is 3. The van der Waals surface area contributed by atoms with E-state index in [1.807, 2.05) is 53.1 Å². The summed E-state index contributed by atoms with van der Waals surface area (Å²) in [5, 5.41) is 21.6. The van der Waals surface area contributed by atoms with Crippen molar-refractivity contribution in [1.82, 2.24) is 14.8 Å². The van der Waals surface area contributed by atoms with Gasteiger partial charge in [-0.1, -0.05) is 47.6 Å². The van der Waals surface area contributed by atoms with Crippen LogP contribution in [-0.4, -0.2) is 33.5 Å². The average molecular weight is 490 g/mol. The second-order valence-corrected chi connectivity index (χ2v) is 8.60. The molecule has 0 aliphatic carbocycles. The summed E-state index contributed by atoms with van der Waals surface area (Å²) >= 11 is 7.37. The van der Waals surface area contributed by atoms with Crippen molar-refractivity contribution in [2.75, 3.05) is 18.2 Å². The summed E-state index contributed by atoms with van der Waals surface area (Å²) in [4.78, 5) is 12.6. The first-order chi connectivity index (χ1) is 16.6. The van der Waals surface area contributed by atoms with Crippen molar-refractivity contribution in [3.05, 3.63) is 83.4 Å². The Morgan fingerprint density at radius 2 is 1.88 bits per heavy atom. The highest BCUT2D eigenvalue weighted by Crippen LogP contribution is 2.30. The summed E-state index contributed by atoms with van der Waals surface area (Å²) in [7, 11) is 1.61. The molecule has 0 unspecified atom stereocenters. The van der Waals surface area contributed by atoms with Crippen LogP contribution in [0.15, 0.2) is 78.0 Å². The molecule has 7 nitrogen and oxygen atoms in total. The number of halogens is 1. The van der Waals surface area contributed by atoms with Crippen LogP contribution in [0.25, 0.3) is 17.1 Å². The van der Waals surface area contributed by atoms with Gasteiger partial charge >= 0.3 is 0 Å². The number of nitriles is 1. The Morgan fingerprint density at radius 1 is 1.12 bits per heavy atom. The summed E-state index contributed by atoms with van der Waals surface area (Å²) in [5.41, 5.74) is 3.22. The maximum atomic E-state index is 12.6. The van der Waals surface area contributed by atoms with Crippen molar-refractivity contribution in [2.45, 2.75) is 11.6 Å². The highest BCUT2D eigenvalue weighted by Gasteiger charge is 2.18. The highest BCUT2D eigenvalue weighted by molar-refractivity contribution is 7.99. The van der Waals surface area contributed by atoms with E-state index < -0.39 is 0 Å². The number of nitrogens with zero attached hydrogens (tertiary/aromatic N) is 4. The second-order valence-electron chi connectivity index (χ2n) is 7.22. The quantitative estimate of drug-likeness (QED) is 0.333. The molecule has 9 heteroatoms. The summed E-state index contributed by atoms with van der Waals surface area (Å²) < 4.78 is 7.24. The van der Waals surface area contributed by atoms with Crippen LogP contribution < -0.4 is 10.1 Å². The van der Waals surface area contributed by atoms with E-state index in [0.29, 0.717) is 33.9 Å².